The van der Waals surface area contributed by atoms with Crippen LogP contribution in [0.5, 0.6) is 5.75 Å². The molecule has 2 N–H and O–H groups in total. The summed E-state index contributed by atoms with van der Waals surface area (Å²) in [6, 6.07) is 0.886. The maximum atomic E-state index is 13.1. The summed E-state index contributed by atoms with van der Waals surface area (Å²) in [5, 5.41) is 2.24. The van der Waals surface area contributed by atoms with Crippen LogP contribution in [0.15, 0.2) is 17.0 Å². The number of carbonyl (C=O) groups excluding carboxylic acids is 1. The van der Waals surface area contributed by atoms with Gasteiger partial charge in [0.1, 0.15) is 22.1 Å². The Morgan fingerprint density at radius 2 is 2.06 bits per heavy atom. The van der Waals surface area contributed by atoms with E-state index in [-0.39, 0.29) is 16.3 Å². The fourth-order valence-corrected chi connectivity index (χ4v) is 2.46. The number of anilines is 1. The van der Waals surface area contributed by atoms with Gasteiger partial charge < -0.3 is 10.1 Å². The highest BCUT2D eigenvalue weighted by Gasteiger charge is 2.30. The van der Waals surface area contributed by atoms with Crippen LogP contribution in [0, 0.1) is 5.82 Å². The standard InChI is InChI=1S/C8H7FN2O4S/c1-15-5-2-4(9)3-6-7(5)10-8(12)11-16(6,13)14/h2-3H,1H3,(H2,10,11,12). The maximum absolute atomic E-state index is 13.1. The Morgan fingerprint density at radius 1 is 1.38 bits per heavy atom. The van der Waals surface area contributed by atoms with Crippen LogP contribution in [-0.2, 0) is 10.0 Å². The molecule has 86 valence electrons. The molecule has 1 heterocycles. The largest absolute Gasteiger partial charge is 0.494 e. The molecule has 0 unspecified atom stereocenters. The molecular weight excluding hydrogens is 239 g/mol. The number of amides is 2. The van der Waals surface area contributed by atoms with Crippen molar-refractivity contribution in [3.63, 3.8) is 0 Å². The first-order valence-electron chi connectivity index (χ1n) is 4.15. The lowest BCUT2D eigenvalue weighted by atomic mass is 10.3. The molecule has 0 aliphatic carbocycles. The quantitative estimate of drug-likeness (QED) is 0.762. The van der Waals surface area contributed by atoms with E-state index in [1.54, 1.807) is 4.72 Å². The van der Waals surface area contributed by atoms with Crippen molar-refractivity contribution in [2.75, 3.05) is 12.4 Å². The molecule has 2 rings (SSSR count). The first kappa shape index (κ1) is 10.7. The molecule has 8 heteroatoms. The normalized spacial score (nSPS) is 17.0. The fourth-order valence-electron chi connectivity index (χ4n) is 1.37. The van der Waals surface area contributed by atoms with Gasteiger partial charge >= 0.3 is 6.03 Å². The van der Waals surface area contributed by atoms with E-state index in [1.807, 2.05) is 0 Å². The van der Waals surface area contributed by atoms with Crippen LogP contribution in [0.25, 0.3) is 0 Å². The molecule has 0 saturated heterocycles. The highest BCUT2D eigenvalue weighted by Crippen LogP contribution is 2.34. The van der Waals surface area contributed by atoms with Gasteiger partial charge in [-0.25, -0.2) is 22.3 Å². The zero-order valence-corrected chi connectivity index (χ0v) is 8.89. The minimum absolute atomic E-state index is 0.0478. The van der Waals surface area contributed by atoms with Gasteiger partial charge in [0.25, 0.3) is 10.0 Å². The lowest BCUT2D eigenvalue weighted by Crippen LogP contribution is -2.39. The number of fused-ring (bicyclic) bond motifs is 1. The summed E-state index contributed by atoms with van der Waals surface area (Å²) in [4.78, 5) is 10.7. The van der Waals surface area contributed by atoms with E-state index in [2.05, 4.69) is 5.32 Å². The molecule has 1 aromatic rings. The van der Waals surface area contributed by atoms with Gasteiger partial charge in [-0.2, -0.15) is 0 Å². The van der Waals surface area contributed by atoms with Gasteiger partial charge in [0.15, 0.2) is 0 Å². The second-order valence-electron chi connectivity index (χ2n) is 3.04. The lowest BCUT2D eigenvalue weighted by Gasteiger charge is -2.20. The summed E-state index contributed by atoms with van der Waals surface area (Å²) in [7, 11) is -2.78. The van der Waals surface area contributed by atoms with Crippen LogP contribution in [0.3, 0.4) is 0 Å². The van der Waals surface area contributed by atoms with Crippen molar-refractivity contribution in [2.24, 2.45) is 0 Å². The number of nitrogens with one attached hydrogen (secondary N) is 2. The second kappa shape index (κ2) is 3.34. The number of carbonyl (C=O) groups is 1. The van der Waals surface area contributed by atoms with Gasteiger partial charge in [0.2, 0.25) is 0 Å². The SMILES string of the molecule is COc1cc(F)cc2c1NC(=O)NS2(=O)=O. The number of urea groups is 1. The second-order valence-corrected chi connectivity index (χ2v) is 4.69. The predicted octanol–water partition coefficient (Wildman–Crippen LogP) is 0.658. The van der Waals surface area contributed by atoms with E-state index >= 15 is 0 Å². The van der Waals surface area contributed by atoms with E-state index in [0.717, 1.165) is 12.1 Å². The topological polar surface area (TPSA) is 84.5 Å². The molecule has 0 radical (unpaired) electrons. The van der Waals surface area contributed by atoms with E-state index in [0.29, 0.717) is 0 Å². The average Bonchev–Trinajstić information content (AvgIpc) is 2.17. The Morgan fingerprint density at radius 3 is 2.69 bits per heavy atom. The molecule has 1 aromatic carbocycles. The summed E-state index contributed by atoms with van der Waals surface area (Å²) in [6.45, 7) is 0. The highest BCUT2D eigenvalue weighted by molar-refractivity contribution is 7.90. The smallest absolute Gasteiger partial charge is 0.333 e. The minimum Gasteiger partial charge on any atom is -0.494 e. The number of methoxy groups -OCH3 is 1. The van der Waals surface area contributed by atoms with E-state index < -0.39 is 21.9 Å². The van der Waals surface area contributed by atoms with Crippen molar-refractivity contribution >= 4 is 21.7 Å². The van der Waals surface area contributed by atoms with Crippen molar-refractivity contribution in [3.05, 3.63) is 17.9 Å². The molecule has 0 atom stereocenters. The molecule has 2 amide bonds. The Bertz CT molecular complexity index is 570. The van der Waals surface area contributed by atoms with Gasteiger partial charge in [0.05, 0.1) is 7.11 Å². The summed E-state index contributed by atoms with van der Waals surface area (Å²) in [5.41, 5.74) is -0.0624. The van der Waals surface area contributed by atoms with Crippen molar-refractivity contribution in [1.29, 1.82) is 0 Å². The fraction of sp³-hybridized carbons (Fsp3) is 0.125. The van der Waals surface area contributed by atoms with Crippen LogP contribution < -0.4 is 14.8 Å². The number of rotatable bonds is 1. The van der Waals surface area contributed by atoms with Crippen molar-refractivity contribution in [2.45, 2.75) is 4.90 Å². The van der Waals surface area contributed by atoms with E-state index in [1.165, 1.54) is 7.11 Å². The van der Waals surface area contributed by atoms with Gasteiger partial charge in [-0.05, 0) is 6.07 Å². The first-order chi connectivity index (χ1) is 7.44. The summed E-state index contributed by atoms with van der Waals surface area (Å²) in [6.07, 6.45) is 0. The lowest BCUT2D eigenvalue weighted by molar-refractivity contribution is 0.256. The summed E-state index contributed by atoms with van der Waals surface area (Å²) >= 11 is 0. The number of hydrogen-bond acceptors (Lipinski definition) is 4. The van der Waals surface area contributed by atoms with Gasteiger partial charge in [-0.1, -0.05) is 0 Å². The zero-order chi connectivity index (χ0) is 11.9. The number of halogens is 1. The number of benzene rings is 1. The van der Waals surface area contributed by atoms with E-state index in [9.17, 15) is 17.6 Å². The van der Waals surface area contributed by atoms with Crippen LogP contribution in [0.1, 0.15) is 0 Å². The molecule has 0 spiro atoms. The Balaban J connectivity index is 2.76. The van der Waals surface area contributed by atoms with E-state index in [4.69, 9.17) is 4.74 Å². The molecule has 0 saturated carbocycles. The Hall–Kier alpha value is -1.83. The summed E-state index contributed by atoms with van der Waals surface area (Å²) < 4.78 is 42.6. The molecule has 6 nitrogen and oxygen atoms in total. The third kappa shape index (κ3) is 1.56. The molecular formula is C8H7FN2O4S. The monoisotopic (exact) mass is 246 g/mol. The molecule has 16 heavy (non-hydrogen) atoms. The summed E-state index contributed by atoms with van der Waals surface area (Å²) in [5.74, 6) is -0.814. The minimum atomic E-state index is -4.03. The predicted molar refractivity (Wildman–Crippen MR) is 52.3 cm³/mol. The van der Waals surface area contributed by atoms with Crippen LogP contribution >= 0.6 is 0 Å². The first-order valence-corrected chi connectivity index (χ1v) is 5.63. The molecule has 0 fully saturated rings. The van der Waals surface area contributed by atoms with Gasteiger partial charge in [-0.15, -0.1) is 0 Å². The maximum Gasteiger partial charge on any atom is 0.333 e. The van der Waals surface area contributed by atoms with Crippen LogP contribution in [0.2, 0.25) is 0 Å². The van der Waals surface area contributed by atoms with Crippen LogP contribution in [0.4, 0.5) is 14.9 Å². The molecule has 0 aromatic heterocycles. The Labute approximate surface area is 90.5 Å². The molecule has 1 aliphatic rings. The van der Waals surface area contributed by atoms with Gasteiger partial charge in [0, 0.05) is 6.07 Å². The zero-order valence-electron chi connectivity index (χ0n) is 8.07. The van der Waals surface area contributed by atoms with Crippen LogP contribution in [-0.4, -0.2) is 21.6 Å². The number of sulfonamides is 1. The molecule has 1 aliphatic heterocycles. The van der Waals surface area contributed by atoms with Crippen molar-refractivity contribution in [1.82, 2.24) is 4.72 Å². The van der Waals surface area contributed by atoms with Crippen molar-refractivity contribution < 1.29 is 22.3 Å². The van der Waals surface area contributed by atoms with Gasteiger partial charge in [-0.3, -0.25) is 0 Å². The third-order valence-electron chi connectivity index (χ3n) is 2.01. The molecule has 0 bridgehead atoms. The Kier molecular flexibility index (Phi) is 2.23. The third-order valence-corrected chi connectivity index (χ3v) is 3.36. The number of hydrogen-bond donors (Lipinski definition) is 2. The number of ether oxygens (including phenoxy) is 1. The highest BCUT2D eigenvalue weighted by atomic mass is 32.2. The average molecular weight is 246 g/mol. The van der Waals surface area contributed by atoms with Crippen molar-refractivity contribution in [3.8, 4) is 5.75 Å².